The molecule has 1 N–H and O–H groups in total. The highest BCUT2D eigenvalue weighted by atomic mass is 16.3. The monoisotopic (exact) mass is 424 g/mol. The quantitative estimate of drug-likeness (QED) is 0.307. The summed E-state index contributed by atoms with van der Waals surface area (Å²) in [6, 6.07) is 17.7. The van der Waals surface area contributed by atoms with Crippen LogP contribution in [0.25, 0.3) is 11.4 Å². The largest absolute Gasteiger partial charge is 0.505 e. The van der Waals surface area contributed by atoms with Crippen molar-refractivity contribution in [3.05, 3.63) is 107 Å². The number of ketones is 1. The minimum Gasteiger partial charge on any atom is -0.505 e. The second-order valence-electron chi connectivity index (χ2n) is 7.67. The fourth-order valence-corrected chi connectivity index (χ4v) is 4.23. The molecule has 0 unspecified atom stereocenters. The highest BCUT2D eigenvalue weighted by Crippen LogP contribution is 2.40. The van der Waals surface area contributed by atoms with Gasteiger partial charge in [-0.1, -0.05) is 42.5 Å². The van der Waals surface area contributed by atoms with Crippen molar-refractivity contribution in [3.8, 4) is 0 Å². The van der Waals surface area contributed by atoms with Crippen LogP contribution in [-0.4, -0.2) is 36.1 Å². The molecular weight excluding hydrogens is 404 g/mol. The summed E-state index contributed by atoms with van der Waals surface area (Å²) in [6.07, 6.45) is 5.01. The number of aryl methyl sites for hydroxylation is 1. The molecule has 1 aliphatic rings. The number of pyridine rings is 2. The van der Waals surface area contributed by atoms with Crippen molar-refractivity contribution in [2.75, 3.05) is 0 Å². The molecule has 5 rings (SSSR count). The first-order valence-electron chi connectivity index (χ1n) is 10.2. The van der Waals surface area contributed by atoms with Gasteiger partial charge in [0, 0.05) is 25.1 Å². The molecule has 4 aromatic rings. The number of amides is 1. The predicted molar refractivity (Wildman–Crippen MR) is 118 cm³/mol. The van der Waals surface area contributed by atoms with E-state index >= 15 is 0 Å². The van der Waals surface area contributed by atoms with Gasteiger partial charge in [0.15, 0.2) is 5.76 Å². The van der Waals surface area contributed by atoms with Crippen LogP contribution in [0.2, 0.25) is 0 Å². The minimum atomic E-state index is -0.766. The summed E-state index contributed by atoms with van der Waals surface area (Å²) in [5.74, 6) is -1.63. The lowest BCUT2D eigenvalue weighted by molar-refractivity contribution is -0.140. The van der Waals surface area contributed by atoms with Gasteiger partial charge in [0.2, 0.25) is 0 Å². The van der Waals surface area contributed by atoms with Crippen LogP contribution in [0.5, 0.6) is 0 Å². The number of carbonyl (C=O) groups excluding carboxylic acids is 2. The normalized spacial score (nSPS) is 17.9. The summed E-state index contributed by atoms with van der Waals surface area (Å²) < 4.78 is 1.72. The van der Waals surface area contributed by atoms with Crippen LogP contribution in [0.3, 0.4) is 0 Å². The van der Waals surface area contributed by atoms with Gasteiger partial charge in [-0.15, -0.1) is 0 Å². The lowest BCUT2D eigenvalue weighted by Crippen LogP contribution is -2.29. The molecule has 0 radical (unpaired) electrons. The maximum Gasteiger partial charge on any atom is 0.295 e. The molecule has 1 atom stereocenters. The van der Waals surface area contributed by atoms with Crippen molar-refractivity contribution in [2.24, 2.45) is 0 Å². The molecular formula is C25H20N4O3. The fraction of sp³-hybridized carbons (Fsp3) is 0.120. The molecule has 4 heterocycles. The predicted octanol–water partition coefficient (Wildman–Crippen LogP) is 3.66. The van der Waals surface area contributed by atoms with E-state index in [1.54, 1.807) is 42.0 Å². The van der Waals surface area contributed by atoms with Crippen LogP contribution in [-0.2, 0) is 16.1 Å². The maximum absolute atomic E-state index is 13.2. The summed E-state index contributed by atoms with van der Waals surface area (Å²) in [6.45, 7) is 2.00. The number of fused-ring (bicyclic) bond motifs is 1. The van der Waals surface area contributed by atoms with Crippen molar-refractivity contribution < 1.29 is 14.7 Å². The number of aromatic nitrogens is 3. The zero-order chi connectivity index (χ0) is 22.2. The second-order valence-corrected chi connectivity index (χ2v) is 7.67. The maximum atomic E-state index is 13.2. The number of hydrogen-bond acceptors (Lipinski definition) is 5. The van der Waals surface area contributed by atoms with E-state index < -0.39 is 17.7 Å². The zero-order valence-corrected chi connectivity index (χ0v) is 17.3. The number of nitrogens with zero attached hydrogens (tertiary/aromatic N) is 4. The Bertz CT molecular complexity index is 1360. The molecule has 158 valence electrons. The number of carbonyl (C=O) groups is 2. The lowest BCUT2D eigenvalue weighted by atomic mass is 9.97. The zero-order valence-electron chi connectivity index (χ0n) is 17.3. The Kier molecular flexibility index (Phi) is 4.78. The van der Waals surface area contributed by atoms with Gasteiger partial charge in [-0.3, -0.25) is 19.0 Å². The molecule has 0 spiro atoms. The van der Waals surface area contributed by atoms with E-state index in [0.29, 0.717) is 22.6 Å². The Labute approximate surface area is 184 Å². The highest BCUT2D eigenvalue weighted by Gasteiger charge is 2.46. The smallest absolute Gasteiger partial charge is 0.295 e. The molecule has 3 aromatic heterocycles. The van der Waals surface area contributed by atoms with Crippen LogP contribution < -0.4 is 0 Å². The Morgan fingerprint density at radius 3 is 2.56 bits per heavy atom. The Morgan fingerprint density at radius 2 is 1.81 bits per heavy atom. The van der Waals surface area contributed by atoms with Crippen molar-refractivity contribution in [1.82, 2.24) is 19.3 Å². The summed E-state index contributed by atoms with van der Waals surface area (Å²) in [4.78, 5) is 36.5. The molecule has 1 fully saturated rings. The number of rotatable bonds is 4. The van der Waals surface area contributed by atoms with Crippen molar-refractivity contribution in [1.29, 1.82) is 0 Å². The van der Waals surface area contributed by atoms with E-state index in [1.807, 2.05) is 48.5 Å². The van der Waals surface area contributed by atoms with Crippen LogP contribution in [0.15, 0.2) is 84.8 Å². The molecule has 0 aliphatic carbocycles. The SMILES string of the molecule is Cc1nc2ccccn2c1C(O)=C1C(=O)C(=O)N(Cc2ccccc2)[C@H]1c1cccnc1. The van der Waals surface area contributed by atoms with Gasteiger partial charge < -0.3 is 10.0 Å². The Hall–Kier alpha value is -4.26. The van der Waals surface area contributed by atoms with Crippen LogP contribution in [0.1, 0.15) is 28.6 Å². The summed E-state index contributed by atoms with van der Waals surface area (Å²) in [7, 11) is 0. The second kappa shape index (κ2) is 7.77. The van der Waals surface area contributed by atoms with E-state index in [-0.39, 0.29) is 17.9 Å². The van der Waals surface area contributed by atoms with Crippen molar-refractivity contribution in [2.45, 2.75) is 19.5 Å². The Balaban J connectivity index is 1.71. The van der Waals surface area contributed by atoms with Crippen molar-refractivity contribution in [3.63, 3.8) is 0 Å². The van der Waals surface area contributed by atoms with Gasteiger partial charge in [0.05, 0.1) is 17.3 Å². The average Bonchev–Trinajstić information content (AvgIpc) is 3.28. The first kappa shape index (κ1) is 19.7. The third-order valence-corrected chi connectivity index (χ3v) is 5.66. The van der Waals surface area contributed by atoms with Gasteiger partial charge in [0.1, 0.15) is 11.3 Å². The van der Waals surface area contributed by atoms with Gasteiger partial charge in [-0.05, 0) is 36.2 Å². The topological polar surface area (TPSA) is 87.8 Å². The van der Waals surface area contributed by atoms with E-state index in [2.05, 4.69) is 9.97 Å². The summed E-state index contributed by atoms with van der Waals surface area (Å²) in [5.41, 5.74) is 3.17. The molecule has 7 heteroatoms. The third kappa shape index (κ3) is 3.15. The molecule has 0 bridgehead atoms. The molecule has 1 amide bonds. The number of hydrogen-bond donors (Lipinski definition) is 1. The minimum absolute atomic E-state index is 0.0349. The van der Waals surface area contributed by atoms with E-state index in [4.69, 9.17) is 0 Å². The molecule has 1 aromatic carbocycles. The number of Topliss-reactive ketones (excluding diaryl/α,β-unsaturated/α-hetero) is 1. The molecule has 32 heavy (non-hydrogen) atoms. The van der Waals surface area contributed by atoms with Gasteiger partial charge >= 0.3 is 0 Å². The number of imidazole rings is 1. The third-order valence-electron chi connectivity index (χ3n) is 5.66. The van der Waals surface area contributed by atoms with E-state index in [0.717, 1.165) is 5.56 Å². The first-order valence-corrected chi connectivity index (χ1v) is 10.2. The first-order chi connectivity index (χ1) is 15.6. The van der Waals surface area contributed by atoms with E-state index in [1.165, 1.54) is 4.90 Å². The van der Waals surface area contributed by atoms with E-state index in [9.17, 15) is 14.7 Å². The molecule has 7 nitrogen and oxygen atoms in total. The fourth-order valence-electron chi connectivity index (χ4n) is 4.23. The summed E-state index contributed by atoms with van der Waals surface area (Å²) in [5, 5.41) is 11.4. The van der Waals surface area contributed by atoms with Gasteiger partial charge in [0.25, 0.3) is 11.7 Å². The van der Waals surface area contributed by atoms with Crippen LogP contribution in [0, 0.1) is 6.92 Å². The van der Waals surface area contributed by atoms with Crippen molar-refractivity contribution >= 4 is 23.1 Å². The number of aliphatic hydroxyl groups excluding tert-OH is 1. The number of aliphatic hydroxyl groups is 1. The standard InChI is InChI=1S/C25H20N4O3/c1-16-21(28-13-6-5-11-19(28)27-16)23(30)20-22(18-10-7-12-26-14-18)29(25(32)24(20)31)15-17-8-3-2-4-9-17/h2-14,22,30H,15H2,1H3/t22-/m0/s1. The van der Waals surface area contributed by atoms with Gasteiger partial charge in [-0.2, -0.15) is 0 Å². The molecule has 1 saturated heterocycles. The average molecular weight is 424 g/mol. The Morgan fingerprint density at radius 1 is 1.03 bits per heavy atom. The number of likely N-dealkylation sites (tertiary alicyclic amines) is 1. The lowest BCUT2D eigenvalue weighted by Gasteiger charge is -2.25. The van der Waals surface area contributed by atoms with Crippen LogP contribution in [0.4, 0.5) is 0 Å². The highest BCUT2D eigenvalue weighted by molar-refractivity contribution is 6.46. The van der Waals surface area contributed by atoms with Crippen LogP contribution >= 0.6 is 0 Å². The number of benzene rings is 1. The molecule has 0 saturated carbocycles. The summed E-state index contributed by atoms with van der Waals surface area (Å²) >= 11 is 0. The molecule has 1 aliphatic heterocycles. The van der Waals surface area contributed by atoms with Gasteiger partial charge in [-0.25, -0.2) is 4.98 Å².